The number of β-amino-alcohol motifs (C(OH)–C–C–N with tert-alkyl or cyclic N) is 1. The number of rotatable bonds is 5. The average Bonchev–Trinajstić information content (AvgIpc) is 3.19. The number of morpholine rings is 1. The molecule has 0 aliphatic carbocycles. The van der Waals surface area contributed by atoms with Crippen LogP contribution in [0.5, 0.6) is 0 Å². The van der Waals surface area contributed by atoms with Gasteiger partial charge >= 0.3 is 0 Å². The van der Waals surface area contributed by atoms with Gasteiger partial charge in [0, 0.05) is 55.7 Å². The summed E-state index contributed by atoms with van der Waals surface area (Å²) in [6, 6.07) is 11.9. The Bertz CT molecular complexity index is 827. The van der Waals surface area contributed by atoms with Crippen molar-refractivity contribution in [2.75, 3.05) is 32.8 Å². The fourth-order valence-electron chi connectivity index (χ4n) is 3.21. The summed E-state index contributed by atoms with van der Waals surface area (Å²) in [4.78, 5) is 10.9. The Labute approximate surface area is 152 Å². The van der Waals surface area contributed by atoms with Crippen LogP contribution in [0.2, 0.25) is 0 Å². The third-order valence-corrected chi connectivity index (χ3v) is 4.65. The molecule has 1 aliphatic heterocycles. The molecule has 6 heteroatoms. The largest absolute Gasteiger partial charge is 0.387 e. The predicted molar refractivity (Wildman–Crippen MR) is 99.0 cm³/mol. The van der Waals surface area contributed by atoms with Crippen molar-refractivity contribution >= 4 is 0 Å². The van der Waals surface area contributed by atoms with Crippen molar-refractivity contribution in [2.45, 2.75) is 6.10 Å². The zero-order chi connectivity index (χ0) is 17.8. The minimum atomic E-state index is -0.497. The molecule has 1 aliphatic rings. The summed E-state index contributed by atoms with van der Waals surface area (Å²) < 4.78 is 7.38. The van der Waals surface area contributed by atoms with Gasteiger partial charge in [0.1, 0.15) is 5.82 Å². The normalized spacial score (nSPS) is 16.5. The molecule has 0 bridgehead atoms. The van der Waals surface area contributed by atoms with E-state index in [1.807, 2.05) is 47.2 Å². The molecule has 6 nitrogen and oxygen atoms in total. The van der Waals surface area contributed by atoms with Crippen molar-refractivity contribution in [2.24, 2.45) is 0 Å². The first-order valence-electron chi connectivity index (χ1n) is 8.83. The highest BCUT2D eigenvalue weighted by Crippen LogP contribution is 2.22. The van der Waals surface area contributed by atoms with Gasteiger partial charge in [-0.3, -0.25) is 14.5 Å². The van der Waals surface area contributed by atoms with Crippen LogP contribution in [0.1, 0.15) is 11.7 Å². The Morgan fingerprint density at radius 2 is 1.88 bits per heavy atom. The molecule has 1 atom stereocenters. The van der Waals surface area contributed by atoms with Gasteiger partial charge in [-0.2, -0.15) is 0 Å². The number of benzene rings is 1. The smallest absolute Gasteiger partial charge is 0.146 e. The number of aliphatic hydroxyl groups is 1. The first-order valence-corrected chi connectivity index (χ1v) is 8.83. The van der Waals surface area contributed by atoms with E-state index < -0.39 is 6.10 Å². The van der Waals surface area contributed by atoms with Crippen molar-refractivity contribution in [3.63, 3.8) is 0 Å². The second-order valence-electron chi connectivity index (χ2n) is 6.38. The van der Waals surface area contributed by atoms with Gasteiger partial charge in [-0.15, -0.1) is 0 Å². The molecule has 1 aromatic carbocycles. The molecular formula is C20H22N4O2. The molecule has 1 fully saturated rings. The molecule has 0 amide bonds. The van der Waals surface area contributed by atoms with E-state index in [0.29, 0.717) is 6.54 Å². The lowest BCUT2D eigenvalue weighted by Gasteiger charge is -2.28. The molecule has 0 unspecified atom stereocenters. The van der Waals surface area contributed by atoms with Gasteiger partial charge in [0.05, 0.1) is 19.3 Å². The summed E-state index contributed by atoms with van der Waals surface area (Å²) >= 11 is 0. The minimum Gasteiger partial charge on any atom is -0.387 e. The van der Waals surface area contributed by atoms with E-state index in [-0.39, 0.29) is 0 Å². The summed E-state index contributed by atoms with van der Waals surface area (Å²) in [5, 5.41) is 10.5. The quantitative estimate of drug-likeness (QED) is 0.765. The van der Waals surface area contributed by atoms with Crippen LogP contribution in [0, 0.1) is 0 Å². The Hall–Kier alpha value is -2.54. The third kappa shape index (κ3) is 3.67. The van der Waals surface area contributed by atoms with E-state index in [1.54, 1.807) is 18.6 Å². The van der Waals surface area contributed by atoms with Gasteiger partial charge in [0.25, 0.3) is 0 Å². The lowest BCUT2D eigenvalue weighted by atomic mass is 10.1. The molecule has 3 heterocycles. The maximum Gasteiger partial charge on any atom is 0.146 e. The number of imidazole rings is 1. The van der Waals surface area contributed by atoms with E-state index in [4.69, 9.17) is 4.74 Å². The summed E-state index contributed by atoms with van der Waals surface area (Å²) in [7, 11) is 0. The Balaban J connectivity index is 1.51. The third-order valence-electron chi connectivity index (χ3n) is 4.65. The zero-order valence-corrected chi connectivity index (χ0v) is 14.5. The van der Waals surface area contributed by atoms with Crippen LogP contribution in [0.3, 0.4) is 0 Å². The van der Waals surface area contributed by atoms with Gasteiger partial charge < -0.3 is 9.84 Å². The average molecular weight is 350 g/mol. The second-order valence-corrected chi connectivity index (χ2v) is 6.38. The molecule has 0 saturated carbocycles. The number of aliphatic hydroxyl groups excluding tert-OH is 1. The van der Waals surface area contributed by atoms with E-state index in [1.165, 1.54) is 0 Å². The highest BCUT2D eigenvalue weighted by Gasteiger charge is 2.16. The number of hydrogen-bond donors (Lipinski definition) is 1. The number of aromatic nitrogens is 3. The van der Waals surface area contributed by atoms with Crippen molar-refractivity contribution in [3.8, 4) is 17.1 Å². The summed E-state index contributed by atoms with van der Waals surface area (Å²) in [5.74, 6) is 0.847. The van der Waals surface area contributed by atoms with Crippen molar-refractivity contribution in [3.05, 3.63) is 66.7 Å². The van der Waals surface area contributed by atoms with Crippen LogP contribution < -0.4 is 0 Å². The molecular weight excluding hydrogens is 328 g/mol. The van der Waals surface area contributed by atoms with Crippen LogP contribution in [-0.4, -0.2) is 57.4 Å². The molecule has 26 heavy (non-hydrogen) atoms. The number of hydrogen-bond acceptors (Lipinski definition) is 5. The molecule has 1 N–H and O–H groups in total. The molecule has 0 radical (unpaired) electrons. The molecule has 2 aromatic heterocycles. The lowest BCUT2D eigenvalue weighted by Crippen LogP contribution is -2.38. The SMILES string of the molecule is O[C@@H](CN1CCOCC1)c1ccc(-n2ccnc2-c2cccnc2)cc1. The van der Waals surface area contributed by atoms with E-state index >= 15 is 0 Å². The lowest BCUT2D eigenvalue weighted by molar-refractivity contribution is 0.0143. The van der Waals surface area contributed by atoms with Crippen LogP contribution in [0.15, 0.2) is 61.2 Å². The monoisotopic (exact) mass is 350 g/mol. The van der Waals surface area contributed by atoms with E-state index in [9.17, 15) is 5.11 Å². The molecule has 4 rings (SSSR count). The Morgan fingerprint density at radius 1 is 1.08 bits per heavy atom. The molecule has 0 spiro atoms. The summed E-state index contributed by atoms with van der Waals surface area (Å²) in [6.07, 6.45) is 6.77. The predicted octanol–water partition coefficient (Wildman–Crippen LogP) is 2.30. The van der Waals surface area contributed by atoms with Gasteiger partial charge in [-0.1, -0.05) is 12.1 Å². The highest BCUT2D eigenvalue weighted by atomic mass is 16.5. The van der Waals surface area contributed by atoms with Gasteiger partial charge in [0.15, 0.2) is 0 Å². The number of nitrogens with zero attached hydrogens (tertiary/aromatic N) is 4. The van der Waals surface area contributed by atoms with E-state index in [2.05, 4.69) is 14.9 Å². The second kappa shape index (κ2) is 7.78. The standard InChI is InChI=1S/C20H22N4O2/c25-19(15-23-10-12-26-13-11-23)16-3-5-18(6-4-16)24-9-8-22-20(24)17-2-1-7-21-14-17/h1-9,14,19,25H,10-13,15H2/t19-/m0/s1. The van der Waals surface area contributed by atoms with Crippen LogP contribution >= 0.6 is 0 Å². The van der Waals surface area contributed by atoms with Crippen molar-refractivity contribution < 1.29 is 9.84 Å². The summed E-state index contributed by atoms with van der Waals surface area (Å²) in [6.45, 7) is 3.86. The topological polar surface area (TPSA) is 63.4 Å². The number of pyridine rings is 1. The number of ether oxygens (including phenoxy) is 1. The van der Waals surface area contributed by atoms with Crippen LogP contribution in [0.4, 0.5) is 0 Å². The van der Waals surface area contributed by atoms with Crippen molar-refractivity contribution in [1.82, 2.24) is 19.4 Å². The molecule has 1 saturated heterocycles. The first-order chi connectivity index (χ1) is 12.8. The minimum absolute atomic E-state index is 0.497. The maximum atomic E-state index is 10.5. The van der Waals surface area contributed by atoms with Gasteiger partial charge in [-0.05, 0) is 29.8 Å². The van der Waals surface area contributed by atoms with Crippen molar-refractivity contribution in [1.29, 1.82) is 0 Å². The fraction of sp³-hybridized carbons (Fsp3) is 0.300. The highest BCUT2D eigenvalue weighted by molar-refractivity contribution is 5.57. The molecule has 134 valence electrons. The van der Waals surface area contributed by atoms with Crippen LogP contribution in [-0.2, 0) is 4.74 Å². The summed E-state index contributed by atoms with van der Waals surface area (Å²) in [5.41, 5.74) is 2.89. The van der Waals surface area contributed by atoms with E-state index in [0.717, 1.165) is 48.9 Å². The Morgan fingerprint density at radius 3 is 2.62 bits per heavy atom. The van der Waals surface area contributed by atoms with Gasteiger partial charge in [-0.25, -0.2) is 4.98 Å². The fourth-order valence-corrected chi connectivity index (χ4v) is 3.21. The maximum absolute atomic E-state index is 10.5. The van der Waals surface area contributed by atoms with Crippen LogP contribution in [0.25, 0.3) is 17.1 Å². The Kier molecular flexibility index (Phi) is 5.06. The van der Waals surface area contributed by atoms with Gasteiger partial charge in [0.2, 0.25) is 0 Å². The first kappa shape index (κ1) is 16.9. The zero-order valence-electron chi connectivity index (χ0n) is 14.5. The molecule has 3 aromatic rings.